The van der Waals surface area contributed by atoms with Crippen LogP contribution in [0.4, 0.5) is 5.69 Å². The fraction of sp³-hybridized carbons (Fsp3) is 0.368. The summed E-state index contributed by atoms with van der Waals surface area (Å²) in [6.45, 7) is 3.46. The molecule has 1 aliphatic heterocycles. The minimum Gasteiger partial charge on any atom is -0.379 e. The molecule has 1 heterocycles. The van der Waals surface area contributed by atoms with Crippen molar-refractivity contribution in [2.45, 2.75) is 9.79 Å². The third-order valence-corrected chi connectivity index (χ3v) is 7.75. The first kappa shape index (κ1) is 20.8. The van der Waals surface area contributed by atoms with Crippen molar-refractivity contribution >= 4 is 25.5 Å². The SMILES string of the molecule is CS(=O)(=O)c1ccccc1S(=O)(=O)N(CCN1CCOCC1)c1ccccc1. The van der Waals surface area contributed by atoms with E-state index >= 15 is 0 Å². The van der Waals surface area contributed by atoms with Crippen molar-refractivity contribution in [1.29, 1.82) is 0 Å². The predicted octanol–water partition coefficient (Wildman–Crippen LogP) is 1.62. The number of ether oxygens (including phenoxy) is 1. The zero-order valence-electron chi connectivity index (χ0n) is 15.7. The Balaban J connectivity index is 2.00. The van der Waals surface area contributed by atoms with Crippen LogP contribution < -0.4 is 4.31 Å². The van der Waals surface area contributed by atoms with E-state index < -0.39 is 19.9 Å². The van der Waals surface area contributed by atoms with E-state index in [1.54, 1.807) is 30.3 Å². The topological polar surface area (TPSA) is 84.0 Å². The van der Waals surface area contributed by atoms with Gasteiger partial charge in [-0.2, -0.15) is 0 Å². The van der Waals surface area contributed by atoms with E-state index in [0.29, 0.717) is 25.4 Å². The van der Waals surface area contributed by atoms with Crippen LogP contribution in [0.1, 0.15) is 0 Å². The summed E-state index contributed by atoms with van der Waals surface area (Å²) >= 11 is 0. The van der Waals surface area contributed by atoms with Gasteiger partial charge in [-0.1, -0.05) is 30.3 Å². The van der Waals surface area contributed by atoms with E-state index in [1.165, 1.54) is 28.6 Å². The van der Waals surface area contributed by atoms with Crippen LogP contribution in [0, 0.1) is 0 Å². The molecule has 0 aliphatic carbocycles. The van der Waals surface area contributed by atoms with Crippen LogP contribution >= 0.6 is 0 Å². The van der Waals surface area contributed by atoms with Crippen molar-refractivity contribution in [3.63, 3.8) is 0 Å². The lowest BCUT2D eigenvalue weighted by Crippen LogP contribution is -2.43. The normalized spacial score (nSPS) is 16.0. The number of benzene rings is 2. The summed E-state index contributed by atoms with van der Waals surface area (Å²) < 4.78 is 57.9. The number of anilines is 1. The van der Waals surface area contributed by atoms with Crippen molar-refractivity contribution in [2.75, 3.05) is 50.0 Å². The van der Waals surface area contributed by atoms with Crippen LogP contribution in [-0.2, 0) is 24.6 Å². The summed E-state index contributed by atoms with van der Waals surface area (Å²) in [5.41, 5.74) is 0.499. The highest BCUT2D eigenvalue weighted by atomic mass is 32.2. The van der Waals surface area contributed by atoms with Crippen LogP contribution in [0.2, 0.25) is 0 Å². The molecule has 0 N–H and O–H groups in total. The lowest BCUT2D eigenvalue weighted by Gasteiger charge is -2.31. The Kier molecular flexibility index (Phi) is 6.39. The van der Waals surface area contributed by atoms with Gasteiger partial charge in [0.15, 0.2) is 9.84 Å². The molecule has 7 nitrogen and oxygen atoms in total. The van der Waals surface area contributed by atoms with Gasteiger partial charge in [0.05, 0.1) is 23.8 Å². The molecule has 2 aromatic carbocycles. The summed E-state index contributed by atoms with van der Waals surface area (Å²) in [7, 11) is -7.77. The highest BCUT2D eigenvalue weighted by Crippen LogP contribution is 2.28. The minimum absolute atomic E-state index is 0.192. The van der Waals surface area contributed by atoms with E-state index in [1.807, 2.05) is 0 Å². The second-order valence-electron chi connectivity index (χ2n) is 6.59. The van der Waals surface area contributed by atoms with Gasteiger partial charge < -0.3 is 4.74 Å². The lowest BCUT2D eigenvalue weighted by molar-refractivity contribution is 0.0395. The summed E-state index contributed by atoms with van der Waals surface area (Å²) in [4.78, 5) is 1.74. The molecule has 1 saturated heterocycles. The van der Waals surface area contributed by atoms with Crippen LogP contribution in [-0.4, -0.2) is 67.4 Å². The quantitative estimate of drug-likeness (QED) is 0.672. The number of sulfonamides is 1. The molecular weight excluding hydrogens is 400 g/mol. The van der Waals surface area contributed by atoms with Crippen molar-refractivity contribution in [3.05, 3.63) is 54.6 Å². The number of morpholine rings is 1. The molecule has 0 aromatic heterocycles. The molecule has 152 valence electrons. The van der Waals surface area contributed by atoms with Crippen LogP contribution in [0.3, 0.4) is 0 Å². The van der Waals surface area contributed by atoms with Gasteiger partial charge in [-0.15, -0.1) is 0 Å². The number of hydrogen-bond acceptors (Lipinski definition) is 6. The zero-order valence-corrected chi connectivity index (χ0v) is 17.3. The van der Waals surface area contributed by atoms with Gasteiger partial charge in [0, 0.05) is 32.4 Å². The van der Waals surface area contributed by atoms with E-state index in [-0.39, 0.29) is 16.3 Å². The molecule has 0 saturated carbocycles. The maximum atomic E-state index is 13.5. The molecular formula is C19H24N2O5S2. The number of nitrogens with zero attached hydrogens (tertiary/aromatic N) is 2. The minimum atomic E-state index is -4.07. The fourth-order valence-electron chi connectivity index (χ4n) is 3.13. The molecule has 0 amide bonds. The van der Waals surface area contributed by atoms with Crippen molar-refractivity contribution < 1.29 is 21.6 Å². The smallest absolute Gasteiger partial charge is 0.265 e. The van der Waals surface area contributed by atoms with Gasteiger partial charge >= 0.3 is 0 Å². The van der Waals surface area contributed by atoms with E-state index in [9.17, 15) is 16.8 Å². The van der Waals surface area contributed by atoms with Gasteiger partial charge in [0.25, 0.3) is 10.0 Å². The predicted molar refractivity (Wildman–Crippen MR) is 108 cm³/mol. The van der Waals surface area contributed by atoms with Crippen molar-refractivity contribution in [3.8, 4) is 0 Å². The average Bonchev–Trinajstić information content (AvgIpc) is 2.69. The maximum Gasteiger partial charge on any atom is 0.265 e. The molecule has 0 radical (unpaired) electrons. The number of rotatable bonds is 7. The van der Waals surface area contributed by atoms with Gasteiger partial charge in [-0.05, 0) is 24.3 Å². The third kappa shape index (κ3) is 4.72. The highest BCUT2D eigenvalue weighted by Gasteiger charge is 2.30. The van der Waals surface area contributed by atoms with Crippen LogP contribution in [0.5, 0.6) is 0 Å². The Labute approximate surface area is 166 Å². The van der Waals surface area contributed by atoms with E-state index in [2.05, 4.69) is 4.90 Å². The Hall–Kier alpha value is -1.94. The highest BCUT2D eigenvalue weighted by molar-refractivity contribution is 7.95. The van der Waals surface area contributed by atoms with Gasteiger partial charge in [0.1, 0.15) is 4.90 Å². The first-order chi connectivity index (χ1) is 13.3. The van der Waals surface area contributed by atoms with Crippen molar-refractivity contribution in [1.82, 2.24) is 4.90 Å². The van der Waals surface area contributed by atoms with Crippen LogP contribution in [0.15, 0.2) is 64.4 Å². The van der Waals surface area contributed by atoms with Gasteiger partial charge in [-0.25, -0.2) is 16.8 Å². The monoisotopic (exact) mass is 424 g/mol. The molecule has 2 aromatic rings. The zero-order chi connectivity index (χ0) is 20.2. The second-order valence-corrected chi connectivity index (χ2v) is 10.4. The Bertz CT molecular complexity index is 1000. The third-order valence-electron chi connectivity index (χ3n) is 4.58. The molecule has 9 heteroatoms. The lowest BCUT2D eigenvalue weighted by atomic mass is 10.3. The molecule has 3 rings (SSSR count). The molecule has 1 aliphatic rings. The van der Waals surface area contributed by atoms with Gasteiger partial charge in [-0.3, -0.25) is 9.21 Å². The molecule has 0 bridgehead atoms. The molecule has 0 atom stereocenters. The average molecular weight is 425 g/mol. The number of sulfone groups is 1. The number of para-hydroxylation sites is 1. The Morgan fingerprint density at radius 1 is 0.893 bits per heavy atom. The van der Waals surface area contributed by atoms with E-state index in [4.69, 9.17) is 4.74 Å². The standard InChI is InChI=1S/C19H24N2O5S2/c1-27(22,23)18-9-5-6-10-19(18)28(24,25)21(17-7-3-2-4-8-17)12-11-20-13-15-26-16-14-20/h2-10H,11-16H2,1H3. The summed E-state index contributed by atoms with van der Waals surface area (Å²) in [5, 5.41) is 0. The second kappa shape index (κ2) is 8.60. The fourth-order valence-corrected chi connectivity index (χ4v) is 6.19. The maximum absolute atomic E-state index is 13.5. The Morgan fingerprint density at radius 2 is 1.46 bits per heavy atom. The van der Waals surface area contributed by atoms with Crippen LogP contribution in [0.25, 0.3) is 0 Å². The number of hydrogen-bond donors (Lipinski definition) is 0. The molecule has 0 unspecified atom stereocenters. The largest absolute Gasteiger partial charge is 0.379 e. The molecule has 28 heavy (non-hydrogen) atoms. The first-order valence-corrected chi connectivity index (χ1v) is 12.3. The molecule has 0 spiro atoms. The van der Waals surface area contributed by atoms with Gasteiger partial charge in [0.2, 0.25) is 0 Å². The summed E-state index contributed by atoms with van der Waals surface area (Å²) in [6.07, 6.45) is 1.02. The summed E-state index contributed by atoms with van der Waals surface area (Å²) in [5.74, 6) is 0. The van der Waals surface area contributed by atoms with E-state index in [0.717, 1.165) is 19.3 Å². The van der Waals surface area contributed by atoms with Crippen molar-refractivity contribution in [2.24, 2.45) is 0 Å². The first-order valence-electron chi connectivity index (χ1n) is 8.97. The summed E-state index contributed by atoms with van der Waals surface area (Å²) in [6, 6.07) is 14.5. The Morgan fingerprint density at radius 3 is 2.07 bits per heavy atom. The molecule has 1 fully saturated rings.